The highest BCUT2D eigenvalue weighted by atomic mass is 35.5. The van der Waals surface area contributed by atoms with Gasteiger partial charge in [-0.25, -0.2) is 9.37 Å². The van der Waals surface area contributed by atoms with Gasteiger partial charge in [-0.3, -0.25) is 0 Å². The summed E-state index contributed by atoms with van der Waals surface area (Å²) in [6.07, 6.45) is 2.27. The maximum atomic E-state index is 13.6. The van der Waals surface area contributed by atoms with Crippen LogP contribution in [0.1, 0.15) is 11.1 Å². The lowest BCUT2D eigenvalue weighted by molar-refractivity contribution is 0.619. The number of aryl methyl sites for hydroxylation is 1. The second-order valence-electron chi connectivity index (χ2n) is 4.08. The van der Waals surface area contributed by atoms with Crippen LogP contribution in [0.5, 0.6) is 0 Å². The number of nitrogens with zero attached hydrogens (tertiary/aromatic N) is 2. The standard InChI is InChI=1S/C13H13ClFN5/c1-7-3-2-4-8(11(7)17)10(5-16)19-12-9(15)6-18-13(14)20-12/h2-6H,16-17H2,1H3,(H,18,19,20)/b10-5+. The summed E-state index contributed by atoms with van der Waals surface area (Å²) in [5, 5.41) is 2.70. The Bertz CT molecular complexity index is 672. The first kappa shape index (κ1) is 14.1. The summed E-state index contributed by atoms with van der Waals surface area (Å²) in [7, 11) is 0. The van der Waals surface area contributed by atoms with Crippen molar-refractivity contribution in [1.82, 2.24) is 9.97 Å². The van der Waals surface area contributed by atoms with Gasteiger partial charge < -0.3 is 16.8 Å². The summed E-state index contributed by atoms with van der Waals surface area (Å²) in [4.78, 5) is 7.31. The van der Waals surface area contributed by atoms with E-state index in [1.54, 1.807) is 6.07 Å². The molecule has 0 amide bonds. The van der Waals surface area contributed by atoms with E-state index in [4.69, 9.17) is 23.1 Å². The molecule has 5 nitrogen and oxygen atoms in total. The fourth-order valence-electron chi connectivity index (χ4n) is 1.68. The van der Waals surface area contributed by atoms with E-state index in [1.165, 1.54) is 6.20 Å². The Morgan fingerprint density at radius 3 is 2.90 bits per heavy atom. The number of benzene rings is 1. The molecule has 0 saturated heterocycles. The topological polar surface area (TPSA) is 89.8 Å². The Morgan fingerprint density at radius 2 is 2.20 bits per heavy atom. The van der Waals surface area contributed by atoms with Crippen LogP contribution < -0.4 is 16.8 Å². The van der Waals surface area contributed by atoms with Gasteiger partial charge in [-0.2, -0.15) is 4.98 Å². The average molecular weight is 294 g/mol. The number of hydrogen-bond acceptors (Lipinski definition) is 5. The maximum Gasteiger partial charge on any atom is 0.224 e. The van der Waals surface area contributed by atoms with Crippen LogP contribution in [0.25, 0.3) is 5.70 Å². The molecule has 0 spiro atoms. The van der Waals surface area contributed by atoms with Crippen molar-refractivity contribution in [2.24, 2.45) is 5.73 Å². The molecule has 2 aromatic rings. The zero-order valence-corrected chi connectivity index (χ0v) is 11.4. The quantitative estimate of drug-likeness (QED) is 0.597. The van der Waals surface area contributed by atoms with E-state index in [2.05, 4.69) is 15.3 Å². The molecule has 0 radical (unpaired) electrons. The van der Waals surface area contributed by atoms with Crippen molar-refractivity contribution in [1.29, 1.82) is 0 Å². The van der Waals surface area contributed by atoms with Crippen molar-refractivity contribution in [3.05, 3.63) is 52.8 Å². The molecule has 0 aliphatic rings. The van der Waals surface area contributed by atoms with Gasteiger partial charge in [-0.15, -0.1) is 0 Å². The van der Waals surface area contributed by atoms with Crippen LogP contribution in [-0.4, -0.2) is 9.97 Å². The summed E-state index contributed by atoms with van der Waals surface area (Å²) in [6, 6.07) is 5.47. The van der Waals surface area contributed by atoms with E-state index in [9.17, 15) is 4.39 Å². The number of nitrogens with one attached hydrogen (secondary N) is 1. The minimum absolute atomic E-state index is 0.0670. The largest absolute Gasteiger partial charge is 0.403 e. The Balaban J connectivity index is 2.40. The van der Waals surface area contributed by atoms with Gasteiger partial charge in [0.15, 0.2) is 11.6 Å². The molecule has 104 valence electrons. The number of nitrogen functional groups attached to an aromatic ring is 1. The molecule has 20 heavy (non-hydrogen) atoms. The lowest BCUT2D eigenvalue weighted by Gasteiger charge is -2.14. The third kappa shape index (κ3) is 2.80. The molecule has 0 saturated carbocycles. The zero-order chi connectivity index (χ0) is 14.7. The van der Waals surface area contributed by atoms with Crippen molar-refractivity contribution in [3.8, 4) is 0 Å². The van der Waals surface area contributed by atoms with Gasteiger partial charge >= 0.3 is 0 Å². The number of hydrogen-bond donors (Lipinski definition) is 3. The molecule has 0 fully saturated rings. The van der Waals surface area contributed by atoms with Crippen LogP contribution in [0.15, 0.2) is 30.6 Å². The summed E-state index contributed by atoms with van der Waals surface area (Å²) in [5.41, 5.74) is 14.1. The van der Waals surface area contributed by atoms with Crippen molar-refractivity contribution in [3.63, 3.8) is 0 Å². The molecule has 1 heterocycles. The molecule has 0 bridgehead atoms. The average Bonchev–Trinajstić information content (AvgIpc) is 2.43. The number of para-hydroxylation sites is 1. The molecule has 0 unspecified atom stereocenters. The zero-order valence-electron chi connectivity index (χ0n) is 10.7. The Kier molecular flexibility index (Phi) is 4.05. The second-order valence-corrected chi connectivity index (χ2v) is 4.42. The molecule has 0 aliphatic carbocycles. The first-order valence-electron chi connectivity index (χ1n) is 5.75. The van der Waals surface area contributed by atoms with Gasteiger partial charge in [0.2, 0.25) is 5.28 Å². The van der Waals surface area contributed by atoms with Gasteiger partial charge in [-0.1, -0.05) is 18.2 Å². The van der Waals surface area contributed by atoms with Crippen molar-refractivity contribution in [2.75, 3.05) is 11.1 Å². The highest BCUT2D eigenvalue weighted by molar-refractivity contribution is 6.28. The van der Waals surface area contributed by atoms with E-state index < -0.39 is 5.82 Å². The van der Waals surface area contributed by atoms with Gasteiger partial charge in [0.25, 0.3) is 0 Å². The summed E-state index contributed by atoms with van der Waals surface area (Å²) < 4.78 is 13.6. The highest BCUT2D eigenvalue weighted by Gasteiger charge is 2.11. The van der Waals surface area contributed by atoms with Gasteiger partial charge in [0.05, 0.1) is 11.9 Å². The lowest BCUT2D eigenvalue weighted by Crippen LogP contribution is -2.08. The van der Waals surface area contributed by atoms with Gasteiger partial charge in [0.1, 0.15) is 0 Å². The maximum absolute atomic E-state index is 13.6. The van der Waals surface area contributed by atoms with E-state index >= 15 is 0 Å². The van der Waals surface area contributed by atoms with Crippen molar-refractivity contribution in [2.45, 2.75) is 6.92 Å². The van der Waals surface area contributed by atoms with Gasteiger partial charge in [0, 0.05) is 17.5 Å². The van der Waals surface area contributed by atoms with Crippen LogP contribution >= 0.6 is 11.6 Å². The minimum Gasteiger partial charge on any atom is -0.403 e. The number of rotatable bonds is 3. The van der Waals surface area contributed by atoms with Gasteiger partial charge in [-0.05, 0) is 24.1 Å². The Morgan fingerprint density at radius 1 is 1.45 bits per heavy atom. The van der Waals surface area contributed by atoms with E-state index in [1.807, 2.05) is 19.1 Å². The fourth-order valence-corrected chi connectivity index (χ4v) is 1.81. The third-order valence-corrected chi connectivity index (χ3v) is 2.93. The molecule has 7 heteroatoms. The van der Waals surface area contributed by atoms with Crippen LogP contribution in [0, 0.1) is 12.7 Å². The van der Waals surface area contributed by atoms with Crippen LogP contribution in [-0.2, 0) is 0 Å². The summed E-state index contributed by atoms with van der Waals surface area (Å²) in [6.45, 7) is 1.87. The predicted octanol–water partition coefficient (Wildman–Crippen LogP) is 2.53. The molecule has 2 rings (SSSR count). The van der Waals surface area contributed by atoms with E-state index in [0.29, 0.717) is 16.9 Å². The Labute approximate surface area is 120 Å². The SMILES string of the molecule is Cc1cccc(/C(=C\N)Nc2nc(Cl)ncc2F)c1N. The molecule has 5 N–H and O–H groups in total. The number of nitrogens with two attached hydrogens (primary N) is 2. The van der Waals surface area contributed by atoms with Crippen LogP contribution in [0.2, 0.25) is 5.28 Å². The van der Waals surface area contributed by atoms with E-state index in [0.717, 1.165) is 11.8 Å². The molecular formula is C13H13ClFN5. The molecular weight excluding hydrogens is 281 g/mol. The lowest BCUT2D eigenvalue weighted by atomic mass is 10.1. The summed E-state index contributed by atoms with van der Waals surface area (Å²) >= 11 is 5.64. The van der Waals surface area contributed by atoms with Crippen molar-refractivity contribution < 1.29 is 4.39 Å². The normalized spacial score (nSPS) is 11.4. The summed E-state index contributed by atoms with van der Waals surface area (Å²) in [5.74, 6) is -0.706. The van der Waals surface area contributed by atoms with Crippen LogP contribution in [0.3, 0.4) is 0 Å². The molecule has 0 aliphatic heterocycles. The minimum atomic E-state index is -0.639. The Hall–Kier alpha value is -2.34. The monoisotopic (exact) mass is 293 g/mol. The number of aromatic nitrogens is 2. The van der Waals surface area contributed by atoms with Crippen molar-refractivity contribution >= 4 is 28.8 Å². The molecule has 0 atom stereocenters. The molecule has 1 aromatic heterocycles. The second kappa shape index (κ2) is 5.75. The molecule has 1 aromatic carbocycles. The fraction of sp³-hybridized carbons (Fsp3) is 0.0769. The predicted molar refractivity (Wildman–Crippen MR) is 78.4 cm³/mol. The third-order valence-electron chi connectivity index (χ3n) is 2.75. The first-order valence-corrected chi connectivity index (χ1v) is 6.13. The highest BCUT2D eigenvalue weighted by Crippen LogP contribution is 2.25. The number of halogens is 2. The first-order chi connectivity index (χ1) is 9.52. The van der Waals surface area contributed by atoms with Crippen LogP contribution in [0.4, 0.5) is 15.9 Å². The number of anilines is 2. The van der Waals surface area contributed by atoms with E-state index in [-0.39, 0.29) is 11.1 Å². The smallest absolute Gasteiger partial charge is 0.224 e.